The smallest absolute Gasteiger partial charge is 0.316 e. The van der Waals surface area contributed by atoms with Crippen LogP contribution in [0.1, 0.15) is 18.5 Å². The summed E-state index contributed by atoms with van der Waals surface area (Å²) >= 11 is 1.39. The van der Waals surface area contributed by atoms with Gasteiger partial charge in [0.1, 0.15) is 13.2 Å². The average molecular weight is 438 g/mol. The molecule has 1 atom stereocenters. The van der Waals surface area contributed by atoms with Gasteiger partial charge in [-0.3, -0.25) is 9.59 Å². The standard InChI is InChI=1S/C24H23NO5S/c1-16(18-7-9-21-22(13-18)29-11-10-28-21)25-23(26)14-30-24(27)15-31-20-8-6-17-4-2-3-5-19(17)12-20/h2-9,12-13,16H,10-11,14-15H2,1H3,(H,25,26). The molecule has 0 bridgehead atoms. The Bertz CT molecular complexity index is 1100. The summed E-state index contributed by atoms with van der Waals surface area (Å²) in [5.41, 5.74) is 0.885. The highest BCUT2D eigenvalue weighted by atomic mass is 32.2. The van der Waals surface area contributed by atoms with Gasteiger partial charge in [0.2, 0.25) is 0 Å². The Hall–Kier alpha value is -3.19. The zero-order valence-electron chi connectivity index (χ0n) is 17.1. The minimum Gasteiger partial charge on any atom is -0.486 e. The first-order valence-corrected chi connectivity index (χ1v) is 11.0. The van der Waals surface area contributed by atoms with Crippen LogP contribution in [-0.4, -0.2) is 37.4 Å². The number of hydrogen-bond acceptors (Lipinski definition) is 6. The number of thioether (sulfide) groups is 1. The van der Waals surface area contributed by atoms with Crippen molar-refractivity contribution in [3.05, 3.63) is 66.2 Å². The van der Waals surface area contributed by atoms with Crippen molar-refractivity contribution in [3.63, 3.8) is 0 Å². The van der Waals surface area contributed by atoms with Crippen molar-refractivity contribution in [2.75, 3.05) is 25.6 Å². The van der Waals surface area contributed by atoms with Crippen LogP contribution in [0, 0.1) is 0 Å². The lowest BCUT2D eigenvalue weighted by atomic mass is 10.1. The van der Waals surface area contributed by atoms with Crippen molar-refractivity contribution >= 4 is 34.4 Å². The van der Waals surface area contributed by atoms with Gasteiger partial charge < -0.3 is 19.5 Å². The molecule has 1 aliphatic rings. The normalized spacial score (nSPS) is 13.5. The third kappa shape index (κ3) is 5.49. The lowest BCUT2D eigenvalue weighted by Crippen LogP contribution is -2.31. The Morgan fingerprint density at radius 3 is 2.61 bits per heavy atom. The van der Waals surface area contributed by atoms with E-state index in [2.05, 4.69) is 5.32 Å². The molecule has 31 heavy (non-hydrogen) atoms. The number of ether oxygens (including phenoxy) is 3. The molecular formula is C24H23NO5S. The van der Waals surface area contributed by atoms with Crippen LogP contribution < -0.4 is 14.8 Å². The molecule has 1 amide bonds. The molecular weight excluding hydrogens is 414 g/mol. The van der Waals surface area contributed by atoms with Crippen LogP contribution in [-0.2, 0) is 14.3 Å². The van der Waals surface area contributed by atoms with Gasteiger partial charge in [-0.15, -0.1) is 11.8 Å². The number of fused-ring (bicyclic) bond motifs is 2. The van der Waals surface area contributed by atoms with Gasteiger partial charge in [-0.05, 0) is 47.5 Å². The van der Waals surface area contributed by atoms with Crippen LogP contribution in [0.5, 0.6) is 11.5 Å². The van der Waals surface area contributed by atoms with Crippen molar-refractivity contribution in [2.24, 2.45) is 0 Å². The molecule has 6 nitrogen and oxygen atoms in total. The Labute approximate surface area is 184 Å². The number of carbonyl (C=O) groups is 2. The largest absolute Gasteiger partial charge is 0.486 e. The van der Waals surface area contributed by atoms with E-state index in [1.165, 1.54) is 11.8 Å². The number of esters is 1. The molecule has 0 spiro atoms. The fourth-order valence-electron chi connectivity index (χ4n) is 3.28. The summed E-state index contributed by atoms with van der Waals surface area (Å²) in [4.78, 5) is 25.2. The van der Waals surface area contributed by atoms with Gasteiger partial charge >= 0.3 is 5.97 Å². The van der Waals surface area contributed by atoms with Crippen LogP contribution in [0.3, 0.4) is 0 Å². The molecule has 0 aromatic heterocycles. The van der Waals surface area contributed by atoms with Crippen LogP contribution in [0.25, 0.3) is 10.8 Å². The molecule has 1 N–H and O–H groups in total. The maximum atomic E-state index is 12.2. The Balaban J connectivity index is 1.23. The van der Waals surface area contributed by atoms with Crippen molar-refractivity contribution in [1.29, 1.82) is 0 Å². The third-order valence-electron chi connectivity index (χ3n) is 4.89. The number of carbonyl (C=O) groups excluding carboxylic acids is 2. The zero-order valence-corrected chi connectivity index (χ0v) is 17.9. The monoisotopic (exact) mass is 437 g/mol. The van der Waals surface area contributed by atoms with E-state index in [1.807, 2.05) is 67.6 Å². The second kappa shape index (κ2) is 9.75. The van der Waals surface area contributed by atoms with Crippen LogP contribution >= 0.6 is 11.8 Å². The molecule has 1 aliphatic heterocycles. The fourth-order valence-corrected chi connectivity index (χ4v) is 4.03. The Morgan fingerprint density at radius 1 is 1.00 bits per heavy atom. The van der Waals surface area contributed by atoms with Gasteiger partial charge in [0.25, 0.3) is 5.91 Å². The molecule has 1 heterocycles. The van der Waals surface area contributed by atoms with Gasteiger partial charge in [0.05, 0.1) is 11.8 Å². The third-order valence-corrected chi connectivity index (χ3v) is 5.85. The lowest BCUT2D eigenvalue weighted by molar-refractivity contribution is -0.146. The van der Waals surface area contributed by atoms with Gasteiger partial charge in [-0.2, -0.15) is 0 Å². The predicted molar refractivity (Wildman–Crippen MR) is 120 cm³/mol. The molecule has 1 unspecified atom stereocenters. The Kier molecular flexibility index (Phi) is 6.62. The summed E-state index contributed by atoms with van der Waals surface area (Å²) in [5, 5.41) is 5.10. The summed E-state index contributed by atoms with van der Waals surface area (Å²) in [6.45, 7) is 2.58. The molecule has 160 valence electrons. The molecule has 0 aliphatic carbocycles. The molecule has 0 saturated heterocycles. The van der Waals surface area contributed by atoms with Crippen molar-refractivity contribution in [3.8, 4) is 11.5 Å². The molecule has 3 aromatic carbocycles. The van der Waals surface area contributed by atoms with Crippen LogP contribution in [0.4, 0.5) is 0 Å². The zero-order chi connectivity index (χ0) is 21.6. The highest BCUT2D eigenvalue weighted by Gasteiger charge is 2.16. The average Bonchev–Trinajstić information content (AvgIpc) is 2.81. The second-order valence-corrected chi connectivity index (χ2v) is 8.20. The molecule has 4 rings (SSSR count). The van der Waals surface area contributed by atoms with Gasteiger partial charge in [-0.1, -0.05) is 36.4 Å². The summed E-state index contributed by atoms with van der Waals surface area (Å²) in [5.74, 6) is 0.726. The fraction of sp³-hybridized carbons (Fsp3) is 0.250. The van der Waals surface area contributed by atoms with E-state index in [4.69, 9.17) is 14.2 Å². The first-order chi connectivity index (χ1) is 15.1. The Morgan fingerprint density at radius 2 is 1.77 bits per heavy atom. The molecule has 0 saturated carbocycles. The minimum atomic E-state index is -0.430. The highest BCUT2D eigenvalue weighted by molar-refractivity contribution is 8.00. The quantitative estimate of drug-likeness (QED) is 0.443. The van der Waals surface area contributed by atoms with Gasteiger partial charge in [-0.25, -0.2) is 0 Å². The first kappa shape index (κ1) is 21.1. The minimum absolute atomic E-state index is 0.142. The molecule has 3 aromatic rings. The van der Waals surface area contributed by atoms with E-state index in [0.717, 1.165) is 21.2 Å². The highest BCUT2D eigenvalue weighted by Crippen LogP contribution is 2.32. The van der Waals surface area contributed by atoms with E-state index in [1.54, 1.807) is 0 Å². The SMILES string of the molecule is CC(NC(=O)COC(=O)CSc1ccc2ccccc2c1)c1ccc2c(c1)OCCO2. The predicted octanol–water partition coefficient (Wildman–Crippen LogP) is 4.12. The molecule has 0 fully saturated rings. The summed E-state index contributed by atoms with van der Waals surface area (Å²) < 4.78 is 16.2. The maximum Gasteiger partial charge on any atom is 0.316 e. The van der Waals surface area contributed by atoms with Crippen molar-refractivity contribution in [1.82, 2.24) is 5.32 Å². The van der Waals surface area contributed by atoms with Crippen molar-refractivity contribution in [2.45, 2.75) is 17.9 Å². The molecule has 0 radical (unpaired) electrons. The van der Waals surface area contributed by atoms with E-state index in [0.29, 0.717) is 24.7 Å². The second-order valence-electron chi connectivity index (χ2n) is 7.15. The number of amides is 1. The van der Waals surface area contributed by atoms with Crippen LogP contribution in [0.15, 0.2) is 65.6 Å². The maximum absolute atomic E-state index is 12.2. The van der Waals surface area contributed by atoms with Crippen molar-refractivity contribution < 1.29 is 23.8 Å². The van der Waals surface area contributed by atoms with E-state index >= 15 is 0 Å². The number of hydrogen-bond donors (Lipinski definition) is 1. The number of rotatable bonds is 7. The van der Waals surface area contributed by atoms with E-state index in [-0.39, 0.29) is 24.3 Å². The number of benzene rings is 3. The van der Waals surface area contributed by atoms with Gasteiger partial charge in [0.15, 0.2) is 18.1 Å². The summed E-state index contributed by atoms with van der Waals surface area (Å²) in [6, 6.07) is 19.4. The molecule has 7 heteroatoms. The lowest BCUT2D eigenvalue weighted by Gasteiger charge is -2.21. The summed E-state index contributed by atoms with van der Waals surface area (Å²) in [7, 11) is 0. The van der Waals surface area contributed by atoms with Crippen LogP contribution in [0.2, 0.25) is 0 Å². The van der Waals surface area contributed by atoms with Gasteiger partial charge in [0, 0.05) is 4.90 Å². The first-order valence-electron chi connectivity index (χ1n) is 10.0. The van der Waals surface area contributed by atoms with E-state index in [9.17, 15) is 9.59 Å². The summed E-state index contributed by atoms with van der Waals surface area (Å²) in [6.07, 6.45) is 0. The topological polar surface area (TPSA) is 73.9 Å². The van der Waals surface area contributed by atoms with E-state index < -0.39 is 5.97 Å². The number of nitrogens with one attached hydrogen (secondary N) is 1.